The summed E-state index contributed by atoms with van der Waals surface area (Å²) in [5.74, 6) is 0.583. The van der Waals surface area contributed by atoms with Crippen LogP contribution in [0.3, 0.4) is 0 Å². The Bertz CT molecular complexity index is 815. The number of methoxy groups -OCH3 is 1. The first-order chi connectivity index (χ1) is 12.4. The van der Waals surface area contributed by atoms with Gasteiger partial charge in [0.1, 0.15) is 6.54 Å². The van der Waals surface area contributed by atoms with Crippen LogP contribution in [0.2, 0.25) is 0 Å². The number of nitrogens with one attached hydrogen (secondary N) is 1. The first-order valence-electron chi connectivity index (χ1n) is 8.42. The number of carbonyl (C=O) groups excluding carboxylic acids is 1. The maximum absolute atomic E-state index is 12.1. The molecule has 0 atom stereocenters. The van der Waals surface area contributed by atoms with E-state index in [0.717, 1.165) is 23.5 Å². The number of thioether (sulfide) groups is 1. The molecule has 0 unspecified atom stereocenters. The van der Waals surface area contributed by atoms with Gasteiger partial charge in [0.15, 0.2) is 10.9 Å². The van der Waals surface area contributed by atoms with E-state index in [9.17, 15) is 9.59 Å². The SMILES string of the molecule is CCCNC(=O)Cn1cc(OC)c(=O)cc1CSc1nc(C)cc(C)n1. The van der Waals surface area contributed by atoms with Crippen LogP contribution in [-0.4, -0.2) is 34.1 Å². The minimum atomic E-state index is -0.213. The molecule has 0 aliphatic carbocycles. The highest BCUT2D eigenvalue weighted by Gasteiger charge is 2.12. The Morgan fingerprint density at radius 3 is 2.58 bits per heavy atom. The zero-order valence-electron chi connectivity index (χ0n) is 15.5. The number of aryl methyl sites for hydroxylation is 2. The fourth-order valence-electron chi connectivity index (χ4n) is 2.39. The second-order valence-corrected chi connectivity index (χ2v) is 6.84. The number of carbonyl (C=O) groups is 1. The average molecular weight is 376 g/mol. The summed E-state index contributed by atoms with van der Waals surface area (Å²) in [7, 11) is 1.44. The molecular weight excluding hydrogens is 352 g/mol. The highest BCUT2D eigenvalue weighted by atomic mass is 32.2. The average Bonchev–Trinajstić information content (AvgIpc) is 2.59. The number of hydrogen-bond donors (Lipinski definition) is 1. The van der Waals surface area contributed by atoms with Crippen molar-refractivity contribution in [3.63, 3.8) is 0 Å². The number of amides is 1. The smallest absolute Gasteiger partial charge is 0.239 e. The van der Waals surface area contributed by atoms with Crippen LogP contribution in [0.1, 0.15) is 30.4 Å². The molecule has 0 spiro atoms. The lowest BCUT2D eigenvalue weighted by Crippen LogP contribution is -2.29. The fraction of sp³-hybridized carbons (Fsp3) is 0.444. The van der Waals surface area contributed by atoms with Crippen LogP contribution in [0, 0.1) is 13.8 Å². The predicted molar refractivity (Wildman–Crippen MR) is 102 cm³/mol. The lowest BCUT2D eigenvalue weighted by molar-refractivity contribution is -0.121. The zero-order chi connectivity index (χ0) is 19.1. The minimum Gasteiger partial charge on any atom is -0.491 e. The van der Waals surface area contributed by atoms with Gasteiger partial charge in [-0.2, -0.15) is 0 Å². The molecule has 1 amide bonds. The van der Waals surface area contributed by atoms with E-state index >= 15 is 0 Å². The Hall–Kier alpha value is -2.35. The topological polar surface area (TPSA) is 86.1 Å². The Balaban J connectivity index is 2.23. The first-order valence-corrected chi connectivity index (χ1v) is 9.40. The predicted octanol–water partition coefficient (Wildman–Crippen LogP) is 2.08. The Morgan fingerprint density at radius 1 is 1.27 bits per heavy atom. The Kier molecular flexibility index (Phi) is 7.20. The normalized spacial score (nSPS) is 10.6. The monoisotopic (exact) mass is 376 g/mol. The summed E-state index contributed by atoms with van der Waals surface area (Å²) in [6.07, 6.45) is 2.44. The van der Waals surface area contributed by atoms with Crippen molar-refractivity contribution in [2.24, 2.45) is 0 Å². The van der Waals surface area contributed by atoms with E-state index in [1.54, 1.807) is 10.8 Å². The van der Waals surface area contributed by atoms with Crippen LogP contribution in [0.25, 0.3) is 0 Å². The lowest BCUT2D eigenvalue weighted by atomic mass is 10.3. The van der Waals surface area contributed by atoms with Gasteiger partial charge in [-0.15, -0.1) is 0 Å². The third-order valence-corrected chi connectivity index (χ3v) is 4.48. The lowest BCUT2D eigenvalue weighted by Gasteiger charge is -2.14. The molecular formula is C18H24N4O3S. The zero-order valence-corrected chi connectivity index (χ0v) is 16.4. The summed E-state index contributed by atoms with van der Waals surface area (Å²) in [5, 5.41) is 3.48. The van der Waals surface area contributed by atoms with Crippen LogP contribution < -0.4 is 15.5 Å². The molecule has 0 saturated carbocycles. The van der Waals surface area contributed by atoms with Crippen LogP contribution in [-0.2, 0) is 17.1 Å². The van der Waals surface area contributed by atoms with Gasteiger partial charge in [0.05, 0.1) is 13.3 Å². The van der Waals surface area contributed by atoms with Gasteiger partial charge >= 0.3 is 0 Å². The van der Waals surface area contributed by atoms with E-state index in [2.05, 4.69) is 15.3 Å². The summed E-state index contributed by atoms with van der Waals surface area (Å²) in [5.41, 5.74) is 2.29. The Labute approximate surface area is 157 Å². The minimum absolute atomic E-state index is 0.105. The van der Waals surface area contributed by atoms with Crippen molar-refractivity contribution in [1.82, 2.24) is 19.9 Å². The molecule has 2 aromatic rings. The quantitative estimate of drug-likeness (QED) is 0.561. The van der Waals surface area contributed by atoms with Gasteiger partial charge < -0.3 is 14.6 Å². The first kappa shape index (κ1) is 20.0. The van der Waals surface area contributed by atoms with Crippen molar-refractivity contribution in [3.8, 4) is 5.75 Å². The molecule has 8 heteroatoms. The second-order valence-electron chi connectivity index (χ2n) is 5.90. The molecule has 0 saturated heterocycles. The highest BCUT2D eigenvalue weighted by Crippen LogP contribution is 2.20. The number of pyridine rings is 1. The molecule has 140 valence electrons. The number of nitrogens with zero attached hydrogens (tertiary/aromatic N) is 3. The Morgan fingerprint density at radius 2 is 1.96 bits per heavy atom. The van der Waals surface area contributed by atoms with Gasteiger partial charge in [-0.05, 0) is 26.3 Å². The van der Waals surface area contributed by atoms with E-state index in [1.807, 2.05) is 26.8 Å². The molecule has 0 aliphatic heterocycles. The molecule has 2 aromatic heterocycles. The van der Waals surface area contributed by atoms with E-state index in [-0.39, 0.29) is 23.6 Å². The molecule has 0 radical (unpaired) electrons. The summed E-state index contributed by atoms with van der Waals surface area (Å²) >= 11 is 1.43. The van der Waals surface area contributed by atoms with E-state index in [0.29, 0.717) is 17.5 Å². The largest absolute Gasteiger partial charge is 0.491 e. The summed E-state index contributed by atoms with van der Waals surface area (Å²) in [6.45, 7) is 6.58. The van der Waals surface area contributed by atoms with E-state index in [1.165, 1.54) is 24.9 Å². The van der Waals surface area contributed by atoms with Gasteiger partial charge in [0.2, 0.25) is 11.3 Å². The molecule has 7 nitrogen and oxygen atoms in total. The standard InChI is InChI=1S/C18H24N4O3S/c1-5-6-19-17(24)10-22-9-16(25-4)15(23)8-14(22)11-26-18-20-12(2)7-13(3)21-18/h7-9H,5-6,10-11H2,1-4H3,(H,19,24). The number of rotatable bonds is 8. The van der Waals surface area contributed by atoms with E-state index < -0.39 is 0 Å². The van der Waals surface area contributed by atoms with Crippen molar-refractivity contribution < 1.29 is 9.53 Å². The third-order valence-electron chi connectivity index (χ3n) is 3.60. The van der Waals surface area contributed by atoms with Gasteiger partial charge in [0.25, 0.3) is 0 Å². The highest BCUT2D eigenvalue weighted by molar-refractivity contribution is 7.98. The summed E-state index contributed by atoms with van der Waals surface area (Å²) < 4.78 is 6.84. The molecule has 26 heavy (non-hydrogen) atoms. The molecule has 0 aromatic carbocycles. The maximum Gasteiger partial charge on any atom is 0.239 e. The van der Waals surface area contributed by atoms with Crippen LogP contribution in [0.15, 0.2) is 28.3 Å². The van der Waals surface area contributed by atoms with Crippen LogP contribution in [0.5, 0.6) is 5.75 Å². The number of ether oxygens (including phenoxy) is 1. The molecule has 0 fully saturated rings. The van der Waals surface area contributed by atoms with E-state index in [4.69, 9.17) is 4.74 Å². The molecule has 2 heterocycles. The van der Waals surface area contributed by atoms with Gasteiger partial charge in [-0.3, -0.25) is 9.59 Å². The van der Waals surface area contributed by atoms with Crippen LogP contribution >= 0.6 is 11.8 Å². The molecule has 0 bridgehead atoms. The van der Waals surface area contributed by atoms with Crippen LogP contribution in [0.4, 0.5) is 0 Å². The van der Waals surface area contributed by atoms with Crippen molar-refractivity contribution in [3.05, 3.63) is 45.6 Å². The van der Waals surface area contributed by atoms with Crippen molar-refractivity contribution >= 4 is 17.7 Å². The maximum atomic E-state index is 12.1. The van der Waals surface area contributed by atoms with Gasteiger partial charge in [0, 0.05) is 35.4 Å². The third kappa shape index (κ3) is 5.59. The van der Waals surface area contributed by atoms with Crippen molar-refractivity contribution in [2.45, 2.75) is 44.6 Å². The molecule has 0 aliphatic rings. The molecule has 2 rings (SSSR count). The van der Waals surface area contributed by atoms with Crippen molar-refractivity contribution in [2.75, 3.05) is 13.7 Å². The fourth-order valence-corrected chi connectivity index (χ4v) is 3.33. The van der Waals surface area contributed by atoms with Gasteiger partial charge in [-0.25, -0.2) is 9.97 Å². The summed E-state index contributed by atoms with van der Waals surface area (Å²) in [6, 6.07) is 3.41. The van der Waals surface area contributed by atoms with Crippen molar-refractivity contribution in [1.29, 1.82) is 0 Å². The summed E-state index contributed by atoms with van der Waals surface area (Å²) in [4.78, 5) is 33.0. The van der Waals surface area contributed by atoms with Gasteiger partial charge in [-0.1, -0.05) is 18.7 Å². The molecule has 1 N–H and O–H groups in total. The second kappa shape index (κ2) is 9.38. The number of aromatic nitrogens is 3. The number of hydrogen-bond acceptors (Lipinski definition) is 6.